The number of anilines is 1. The third-order valence-electron chi connectivity index (χ3n) is 5.64. The van der Waals surface area contributed by atoms with Crippen molar-refractivity contribution in [2.45, 2.75) is 30.8 Å². The van der Waals surface area contributed by atoms with Gasteiger partial charge in [-0.3, -0.25) is 4.90 Å². The number of carbonyl (C=O) groups excluding carboxylic acids is 1. The Labute approximate surface area is 139 Å². The van der Waals surface area contributed by atoms with Crippen LogP contribution in [0.1, 0.15) is 24.8 Å². The molecule has 1 heterocycles. The van der Waals surface area contributed by atoms with E-state index in [4.69, 9.17) is 10.3 Å². The second-order valence-electron chi connectivity index (χ2n) is 6.70. The smallest absolute Gasteiger partial charge is 0.414 e. The molecule has 2 aliphatic carbocycles. The van der Waals surface area contributed by atoms with E-state index in [9.17, 15) is 10.1 Å². The lowest BCUT2D eigenvalue weighted by molar-refractivity contribution is 0.145. The highest BCUT2D eigenvalue weighted by Crippen LogP contribution is 2.67. The lowest BCUT2D eigenvalue weighted by Gasteiger charge is -2.16. The number of cyclic esters (lactones) is 1. The molecule has 1 amide bonds. The van der Waals surface area contributed by atoms with E-state index in [0.29, 0.717) is 18.4 Å². The van der Waals surface area contributed by atoms with Crippen LogP contribution in [0.25, 0.3) is 10.4 Å². The van der Waals surface area contributed by atoms with Crippen molar-refractivity contribution in [2.24, 2.45) is 17.0 Å². The van der Waals surface area contributed by atoms with Gasteiger partial charge in [0.05, 0.1) is 24.6 Å². The Morgan fingerprint density at radius 2 is 2.08 bits per heavy atom. The number of carbonyl (C=O) groups is 1. The van der Waals surface area contributed by atoms with Crippen molar-refractivity contribution >= 4 is 11.8 Å². The predicted molar refractivity (Wildman–Crippen MR) is 86.2 cm³/mol. The molecular weight excluding hydrogens is 306 g/mol. The average Bonchev–Trinajstić information content (AvgIpc) is 2.95. The fraction of sp³-hybridized carbons (Fsp3) is 0.529. The predicted octanol–water partition coefficient (Wildman–Crippen LogP) is 3.51. The zero-order valence-corrected chi connectivity index (χ0v) is 13.1. The second-order valence-corrected chi connectivity index (χ2v) is 6.70. The molecule has 3 fully saturated rings. The van der Waals surface area contributed by atoms with Crippen LogP contribution in [0, 0.1) is 23.2 Å². The fourth-order valence-corrected chi connectivity index (χ4v) is 4.48. The summed E-state index contributed by atoms with van der Waals surface area (Å²) in [5.74, 6) is 0.997. The van der Waals surface area contributed by atoms with E-state index in [2.05, 4.69) is 16.1 Å². The molecule has 24 heavy (non-hydrogen) atoms. The maximum absolute atomic E-state index is 12.0. The van der Waals surface area contributed by atoms with E-state index < -0.39 is 12.2 Å². The monoisotopic (exact) mass is 323 g/mol. The number of ether oxygens (including phenoxy) is 1. The minimum Gasteiger partial charge on any atom is -0.444 e. The summed E-state index contributed by atoms with van der Waals surface area (Å²) in [6.45, 7) is 0.504. The van der Waals surface area contributed by atoms with Crippen molar-refractivity contribution in [3.8, 4) is 6.07 Å². The van der Waals surface area contributed by atoms with Gasteiger partial charge in [0.1, 0.15) is 6.10 Å². The Balaban J connectivity index is 1.52. The van der Waals surface area contributed by atoms with Crippen LogP contribution in [0.4, 0.5) is 10.5 Å². The zero-order valence-electron chi connectivity index (χ0n) is 13.1. The maximum atomic E-state index is 12.0. The minimum absolute atomic E-state index is 0.137. The molecule has 0 bridgehead atoms. The third kappa shape index (κ3) is 2.04. The first kappa shape index (κ1) is 14.9. The lowest BCUT2D eigenvalue weighted by Crippen LogP contribution is -2.25. The van der Waals surface area contributed by atoms with Crippen LogP contribution >= 0.6 is 0 Å². The van der Waals surface area contributed by atoms with Crippen LogP contribution in [0.3, 0.4) is 0 Å². The molecule has 0 N–H and O–H groups in total. The number of rotatable bonds is 4. The number of nitrogens with zero attached hydrogens (tertiary/aromatic N) is 5. The van der Waals surface area contributed by atoms with Gasteiger partial charge in [-0.2, -0.15) is 5.26 Å². The van der Waals surface area contributed by atoms with E-state index in [1.807, 2.05) is 24.3 Å². The summed E-state index contributed by atoms with van der Waals surface area (Å²) < 4.78 is 5.19. The molecule has 0 spiro atoms. The fourth-order valence-electron chi connectivity index (χ4n) is 4.48. The summed E-state index contributed by atoms with van der Waals surface area (Å²) in [5, 5.41) is 13.1. The molecule has 4 atom stereocenters. The molecule has 7 nitrogen and oxygen atoms in total. The zero-order chi connectivity index (χ0) is 16.7. The first-order valence-corrected chi connectivity index (χ1v) is 8.21. The summed E-state index contributed by atoms with van der Waals surface area (Å²) in [4.78, 5) is 16.2. The van der Waals surface area contributed by atoms with E-state index in [1.165, 1.54) is 11.3 Å². The highest BCUT2D eigenvalue weighted by molar-refractivity contribution is 5.89. The van der Waals surface area contributed by atoms with Crippen molar-refractivity contribution in [1.29, 1.82) is 5.26 Å². The molecule has 122 valence electrons. The molecule has 7 heteroatoms. The number of nitriles is 1. The number of fused-ring (bicyclic) bond motifs is 1. The quantitative estimate of drug-likeness (QED) is 0.481. The molecule has 1 saturated heterocycles. The normalized spacial score (nSPS) is 33.4. The highest BCUT2D eigenvalue weighted by Gasteiger charge is 2.67. The SMILES string of the molecule is N#CC1(c2ccc(N3C[C@H](CN=[N+]=[N-])OC3=O)cc2)[C@@H]2CCC[C@@H]21. The first-order chi connectivity index (χ1) is 11.7. The Hall–Kier alpha value is -2.71. The van der Waals surface area contributed by atoms with Gasteiger partial charge >= 0.3 is 6.09 Å². The van der Waals surface area contributed by atoms with Gasteiger partial charge in [-0.05, 0) is 47.9 Å². The number of benzene rings is 1. The summed E-state index contributed by atoms with van der Waals surface area (Å²) in [6, 6.07) is 10.2. The number of hydrogen-bond donors (Lipinski definition) is 0. The average molecular weight is 323 g/mol. The van der Waals surface area contributed by atoms with Gasteiger partial charge in [-0.25, -0.2) is 4.79 Å². The van der Waals surface area contributed by atoms with Crippen LogP contribution in [0.2, 0.25) is 0 Å². The number of amides is 1. The van der Waals surface area contributed by atoms with Crippen molar-refractivity contribution in [3.63, 3.8) is 0 Å². The van der Waals surface area contributed by atoms with Gasteiger partial charge in [0.2, 0.25) is 0 Å². The lowest BCUT2D eigenvalue weighted by atomic mass is 9.89. The molecule has 1 aromatic carbocycles. The minimum atomic E-state index is -0.431. The van der Waals surface area contributed by atoms with E-state index in [0.717, 1.165) is 24.1 Å². The third-order valence-corrected chi connectivity index (χ3v) is 5.64. The largest absolute Gasteiger partial charge is 0.444 e. The maximum Gasteiger partial charge on any atom is 0.414 e. The van der Waals surface area contributed by atoms with Gasteiger partial charge < -0.3 is 4.74 Å². The number of hydrogen-bond acceptors (Lipinski definition) is 4. The molecule has 3 aliphatic rings. The van der Waals surface area contributed by atoms with Crippen molar-refractivity contribution in [1.82, 2.24) is 0 Å². The van der Waals surface area contributed by atoms with Gasteiger partial charge in [0, 0.05) is 10.6 Å². The Morgan fingerprint density at radius 3 is 2.71 bits per heavy atom. The van der Waals surface area contributed by atoms with E-state index >= 15 is 0 Å². The Bertz CT molecular complexity index is 752. The van der Waals surface area contributed by atoms with Crippen LogP contribution < -0.4 is 4.90 Å². The summed E-state index contributed by atoms with van der Waals surface area (Å²) in [5.41, 5.74) is 9.84. The van der Waals surface area contributed by atoms with Crippen LogP contribution in [0.15, 0.2) is 29.4 Å². The molecule has 2 saturated carbocycles. The van der Waals surface area contributed by atoms with Gasteiger partial charge in [-0.1, -0.05) is 23.7 Å². The second kappa shape index (κ2) is 5.43. The molecule has 1 aromatic rings. The van der Waals surface area contributed by atoms with E-state index in [-0.39, 0.29) is 12.0 Å². The van der Waals surface area contributed by atoms with Crippen LogP contribution in [0.5, 0.6) is 0 Å². The summed E-state index contributed by atoms with van der Waals surface area (Å²) in [7, 11) is 0. The van der Waals surface area contributed by atoms with Gasteiger partial charge in [-0.15, -0.1) is 0 Å². The molecule has 1 aliphatic heterocycles. The Kier molecular flexibility index (Phi) is 3.36. The van der Waals surface area contributed by atoms with E-state index in [1.54, 1.807) is 0 Å². The van der Waals surface area contributed by atoms with Gasteiger partial charge in [0.15, 0.2) is 0 Å². The molecule has 4 rings (SSSR count). The van der Waals surface area contributed by atoms with Crippen molar-refractivity contribution < 1.29 is 9.53 Å². The standard InChI is InChI=1S/C17H17N5O2/c18-10-17(14-2-1-3-15(14)17)11-4-6-12(7-5-11)22-9-13(8-20-21-19)24-16(22)23/h4-7,13-15H,1-3,8-9H2/t13-,14-,15+,17?/m0/s1. The molecule has 1 unspecified atom stereocenters. The summed E-state index contributed by atoms with van der Waals surface area (Å²) >= 11 is 0. The highest BCUT2D eigenvalue weighted by atomic mass is 16.6. The van der Waals surface area contributed by atoms with Crippen molar-refractivity contribution in [2.75, 3.05) is 18.0 Å². The summed E-state index contributed by atoms with van der Waals surface area (Å²) in [6.07, 6.45) is 2.66. The molecule has 0 radical (unpaired) electrons. The van der Waals surface area contributed by atoms with Crippen LogP contribution in [-0.2, 0) is 10.2 Å². The topological polar surface area (TPSA) is 102 Å². The van der Waals surface area contributed by atoms with Gasteiger partial charge in [0.25, 0.3) is 0 Å². The molecular formula is C17H17N5O2. The number of azide groups is 1. The Morgan fingerprint density at radius 1 is 1.38 bits per heavy atom. The first-order valence-electron chi connectivity index (χ1n) is 8.21. The van der Waals surface area contributed by atoms with Crippen molar-refractivity contribution in [3.05, 3.63) is 40.3 Å². The molecule has 0 aromatic heterocycles. The van der Waals surface area contributed by atoms with Crippen LogP contribution in [-0.4, -0.2) is 25.3 Å².